The molecule has 1 amide bonds. The normalized spacial score (nSPS) is 18.4. The number of rotatable bonds is 5. The number of hydrogen-bond donors (Lipinski definition) is 1. The minimum Gasteiger partial charge on any atom is -0.354 e. The Bertz CT molecular complexity index is 470. The molecule has 116 valence electrons. The second kappa shape index (κ2) is 7.81. The Balaban J connectivity index is 1.75. The van der Waals surface area contributed by atoms with Gasteiger partial charge in [-0.15, -0.1) is 0 Å². The number of amides is 1. The molecule has 1 aliphatic heterocycles. The first-order valence-corrected chi connectivity index (χ1v) is 8.18. The maximum Gasteiger partial charge on any atom is 0.224 e. The molecule has 0 aliphatic carbocycles. The van der Waals surface area contributed by atoms with E-state index < -0.39 is 0 Å². The molecule has 0 spiro atoms. The van der Waals surface area contributed by atoms with Crippen molar-refractivity contribution in [3.8, 4) is 0 Å². The molecule has 1 heterocycles. The number of hydrogen-bond acceptors (Lipinski definition) is 2. The highest BCUT2D eigenvalue weighted by atomic mass is 35.5. The highest BCUT2D eigenvalue weighted by Gasteiger charge is 2.20. The van der Waals surface area contributed by atoms with E-state index in [-0.39, 0.29) is 5.91 Å². The highest BCUT2D eigenvalue weighted by Crippen LogP contribution is 2.18. The third-order valence-corrected chi connectivity index (χ3v) is 4.71. The average molecular weight is 309 g/mol. The number of benzene rings is 1. The summed E-state index contributed by atoms with van der Waals surface area (Å²) in [6, 6.07) is 7.90. The minimum atomic E-state index is 0.0420. The smallest absolute Gasteiger partial charge is 0.224 e. The summed E-state index contributed by atoms with van der Waals surface area (Å²) in [5, 5.41) is 3.69. The van der Waals surface area contributed by atoms with Gasteiger partial charge < -0.3 is 5.32 Å². The van der Waals surface area contributed by atoms with E-state index in [9.17, 15) is 4.79 Å². The number of piperidine rings is 1. The number of likely N-dealkylation sites (tertiary alicyclic amines) is 1. The summed E-state index contributed by atoms with van der Waals surface area (Å²) in [7, 11) is 0. The second-order valence-corrected chi connectivity index (χ2v) is 6.55. The lowest BCUT2D eigenvalue weighted by Gasteiger charge is -2.35. The molecule has 1 aliphatic rings. The predicted molar refractivity (Wildman–Crippen MR) is 87.6 cm³/mol. The van der Waals surface area contributed by atoms with Crippen molar-refractivity contribution >= 4 is 17.5 Å². The molecule has 3 nitrogen and oxygen atoms in total. The van der Waals surface area contributed by atoms with E-state index in [1.807, 2.05) is 24.3 Å². The number of halogens is 1. The zero-order chi connectivity index (χ0) is 15.2. The van der Waals surface area contributed by atoms with Gasteiger partial charge in [-0.2, -0.15) is 0 Å². The van der Waals surface area contributed by atoms with Gasteiger partial charge in [0.15, 0.2) is 0 Å². The monoisotopic (exact) mass is 308 g/mol. The summed E-state index contributed by atoms with van der Waals surface area (Å²) in [6.45, 7) is 7.49. The van der Waals surface area contributed by atoms with Crippen LogP contribution in [0.25, 0.3) is 0 Å². The lowest BCUT2D eigenvalue weighted by Crippen LogP contribution is -2.45. The summed E-state index contributed by atoms with van der Waals surface area (Å²) in [5.74, 6) is 0.878. The minimum absolute atomic E-state index is 0.0420. The lowest BCUT2D eigenvalue weighted by atomic mass is 9.98. The first kappa shape index (κ1) is 16.3. The van der Waals surface area contributed by atoms with Gasteiger partial charge in [0, 0.05) is 17.6 Å². The van der Waals surface area contributed by atoms with Crippen molar-refractivity contribution in [2.45, 2.75) is 39.2 Å². The van der Waals surface area contributed by atoms with Gasteiger partial charge in [-0.25, -0.2) is 0 Å². The van der Waals surface area contributed by atoms with Gasteiger partial charge in [-0.05, 0) is 50.4 Å². The van der Waals surface area contributed by atoms with Gasteiger partial charge in [0.1, 0.15) is 0 Å². The first-order chi connectivity index (χ1) is 10.1. The van der Waals surface area contributed by atoms with Crippen molar-refractivity contribution < 1.29 is 4.79 Å². The summed E-state index contributed by atoms with van der Waals surface area (Å²) >= 11 is 6.08. The molecule has 4 heteroatoms. The lowest BCUT2D eigenvalue weighted by molar-refractivity contribution is -0.120. The van der Waals surface area contributed by atoms with E-state index in [2.05, 4.69) is 24.1 Å². The molecular formula is C17H25ClN2O. The van der Waals surface area contributed by atoms with Crippen molar-refractivity contribution in [3.05, 3.63) is 34.9 Å². The van der Waals surface area contributed by atoms with Gasteiger partial charge >= 0.3 is 0 Å². The molecular weight excluding hydrogens is 284 g/mol. The molecule has 0 unspecified atom stereocenters. The predicted octanol–water partition coefficient (Wildman–Crippen LogP) is 3.12. The van der Waals surface area contributed by atoms with Gasteiger partial charge in [0.25, 0.3) is 0 Å². The Labute approximate surface area is 132 Å². The summed E-state index contributed by atoms with van der Waals surface area (Å²) in [5.41, 5.74) is 0.885. The molecule has 1 aromatic rings. The van der Waals surface area contributed by atoms with Crippen LogP contribution in [0.15, 0.2) is 24.3 Å². The van der Waals surface area contributed by atoms with Gasteiger partial charge in [0.2, 0.25) is 5.91 Å². The standard InChI is InChI=1S/C17H25ClN2O/c1-13-7-9-20(10-8-13)14(2)12-19-17(21)11-15-5-3-4-6-16(15)18/h3-6,13-14H,7-12H2,1-2H3,(H,19,21)/t14-/m1/s1. The van der Waals surface area contributed by atoms with Crippen LogP contribution in [0.2, 0.25) is 5.02 Å². The van der Waals surface area contributed by atoms with Crippen LogP contribution < -0.4 is 5.32 Å². The fourth-order valence-electron chi connectivity index (χ4n) is 2.74. The second-order valence-electron chi connectivity index (χ2n) is 6.14. The number of nitrogens with zero attached hydrogens (tertiary/aromatic N) is 1. The molecule has 0 saturated carbocycles. The zero-order valence-corrected chi connectivity index (χ0v) is 13.7. The number of carbonyl (C=O) groups is 1. The van der Waals surface area contributed by atoms with Crippen molar-refractivity contribution in [2.75, 3.05) is 19.6 Å². The molecule has 21 heavy (non-hydrogen) atoms. The quantitative estimate of drug-likeness (QED) is 0.906. The van der Waals surface area contributed by atoms with Gasteiger partial charge in [-0.3, -0.25) is 9.69 Å². The van der Waals surface area contributed by atoms with Gasteiger partial charge in [0.05, 0.1) is 6.42 Å². The third-order valence-electron chi connectivity index (χ3n) is 4.35. The van der Waals surface area contributed by atoms with Crippen molar-refractivity contribution in [1.29, 1.82) is 0 Å². The Hall–Kier alpha value is -1.06. The molecule has 1 N–H and O–H groups in total. The summed E-state index contributed by atoms with van der Waals surface area (Å²) < 4.78 is 0. The zero-order valence-electron chi connectivity index (χ0n) is 12.9. The van der Waals surface area contributed by atoms with E-state index in [4.69, 9.17) is 11.6 Å². The highest BCUT2D eigenvalue weighted by molar-refractivity contribution is 6.31. The Morgan fingerprint density at radius 1 is 1.38 bits per heavy atom. The van der Waals surface area contributed by atoms with Crippen molar-refractivity contribution in [2.24, 2.45) is 5.92 Å². The molecule has 0 radical (unpaired) electrons. The van der Waals surface area contributed by atoms with Crippen LogP contribution >= 0.6 is 11.6 Å². The van der Waals surface area contributed by atoms with Crippen LogP contribution in [0.1, 0.15) is 32.3 Å². The molecule has 2 rings (SSSR count). The molecule has 1 aromatic carbocycles. The van der Waals surface area contributed by atoms with Crippen molar-refractivity contribution in [1.82, 2.24) is 10.2 Å². The maximum absolute atomic E-state index is 12.0. The maximum atomic E-state index is 12.0. The van der Waals surface area contributed by atoms with E-state index in [0.29, 0.717) is 24.0 Å². The third kappa shape index (κ3) is 5.01. The Kier molecular flexibility index (Phi) is 6.07. The van der Waals surface area contributed by atoms with Gasteiger partial charge in [-0.1, -0.05) is 36.7 Å². The molecule has 0 bridgehead atoms. The van der Waals surface area contributed by atoms with Crippen LogP contribution in [0.4, 0.5) is 0 Å². The van der Waals surface area contributed by atoms with Crippen LogP contribution in [0, 0.1) is 5.92 Å². The molecule has 1 fully saturated rings. The van der Waals surface area contributed by atoms with Crippen LogP contribution in [-0.2, 0) is 11.2 Å². The SMILES string of the molecule is CC1CCN([C@H](C)CNC(=O)Cc2ccccc2Cl)CC1. The Morgan fingerprint density at radius 2 is 2.05 bits per heavy atom. The van der Waals surface area contributed by atoms with Crippen LogP contribution in [0.5, 0.6) is 0 Å². The molecule has 1 atom stereocenters. The largest absolute Gasteiger partial charge is 0.354 e. The molecule has 1 saturated heterocycles. The van der Waals surface area contributed by atoms with Crippen LogP contribution in [-0.4, -0.2) is 36.5 Å². The van der Waals surface area contributed by atoms with E-state index in [0.717, 1.165) is 24.6 Å². The fourth-order valence-corrected chi connectivity index (χ4v) is 2.94. The van der Waals surface area contributed by atoms with E-state index >= 15 is 0 Å². The Morgan fingerprint density at radius 3 is 2.71 bits per heavy atom. The summed E-state index contributed by atoms with van der Waals surface area (Å²) in [6.07, 6.45) is 2.87. The van der Waals surface area contributed by atoms with E-state index in [1.165, 1.54) is 12.8 Å². The van der Waals surface area contributed by atoms with Crippen LogP contribution in [0.3, 0.4) is 0 Å². The topological polar surface area (TPSA) is 32.3 Å². The first-order valence-electron chi connectivity index (χ1n) is 7.80. The average Bonchev–Trinajstić information content (AvgIpc) is 2.48. The number of nitrogens with one attached hydrogen (secondary N) is 1. The van der Waals surface area contributed by atoms with Crippen molar-refractivity contribution in [3.63, 3.8) is 0 Å². The fraction of sp³-hybridized carbons (Fsp3) is 0.588. The number of carbonyl (C=O) groups excluding carboxylic acids is 1. The van der Waals surface area contributed by atoms with E-state index in [1.54, 1.807) is 0 Å². The summed E-state index contributed by atoms with van der Waals surface area (Å²) in [4.78, 5) is 14.5. The molecule has 0 aromatic heterocycles.